The highest BCUT2D eigenvalue weighted by Gasteiger charge is 2.30. The lowest BCUT2D eigenvalue weighted by atomic mass is 9.81. The van der Waals surface area contributed by atoms with Gasteiger partial charge in [-0.05, 0) is 45.1 Å². The van der Waals surface area contributed by atoms with Crippen LogP contribution in [0.5, 0.6) is 5.75 Å². The lowest BCUT2D eigenvalue weighted by Gasteiger charge is -2.37. The van der Waals surface area contributed by atoms with Crippen molar-refractivity contribution in [2.45, 2.75) is 19.8 Å². The summed E-state index contributed by atoms with van der Waals surface area (Å²) in [4.78, 5) is 14.2. The molecule has 3 aromatic rings. The number of hydrogen-bond acceptors (Lipinski definition) is 5. The third-order valence-electron chi connectivity index (χ3n) is 5.13. The maximum atomic E-state index is 6.26. The molecular weight excluding hydrogens is 302 g/mol. The van der Waals surface area contributed by atoms with E-state index in [9.17, 15) is 0 Å². The summed E-state index contributed by atoms with van der Waals surface area (Å²) in [5.74, 6) is 1.36. The smallest absolute Gasteiger partial charge is 0.142 e. The Morgan fingerprint density at radius 1 is 1.33 bits per heavy atom. The number of anilines is 1. The molecule has 0 aliphatic carbocycles. The highest BCUT2D eigenvalue weighted by atomic mass is 16.5. The van der Waals surface area contributed by atoms with E-state index in [0.717, 1.165) is 53.6 Å². The number of pyridine rings is 2. The Balaban J connectivity index is 1.67. The first-order valence-corrected chi connectivity index (χ1v) is 8.37. The molecule has 6 heteroatoms. The van der Waals surface area contributed by atoms with Crippen LogP contribution in [-0.2, 0) is 0 Å². The summed E-state index contributed by atoms with van der Waals surface area (Å²) in [5.41, 5.74) is 7.81. The van der Waals surface area contributed by atoms with Crippen LogP contribution in [0.3, 0.4) is 0 Å². The number of aromatic nitrogens is 3. The third kappa shape index (κ3) is 2.67. The van der Waals surface area contributed by atoms with Crippen LogP contribution in [-0.4, -0.2) is 46.6 Å². The van der Waals surface area contributed by atoms with Gasteiger partial charge in [0.1, 0.15) is 17.2 Å². The number of H-pyrrole nitrogens is 1. The number of nitrogens with zero attached hydrogens (tertiary/aromatic N) is 3. The molecule has 1 aliphatic rings. The van der Waals surface area contributed by atoms with Crippen molar-refractivity contribution in [2.24, 2.45) is 5.41 Å². The van der Waals surface area contributed by atoms with Crippen molar-refractivity contribution in [3.05, 3.63) is 24.5 Å². The molecule has 1 saturated heterocycles. The van der Waals surface area contributed by atoms with Crippen molar-refractivity contribution in [3.63, 3.8) is 0 Å². The molecule has 0 amide bonds. The molecule has 0 spiro atoms. The molecule has 126 valence electrons. The van der Waals surface area contributed by atoms with Crippen LogP contribution in [0, 0.1) is 5.41 Å². The second kappa shape index (κ2) is 5.63. The number of ether oxygens (including phenoxy) is 1. The number of nitrogens with one attached hydrogen (secondary N) is 1. The van der Waals surface area contributed by atoms with Crippen molar-refractivity contribution in [1.29, 1.82) is 0 Å². The number of aromatic amines is 1. The fourth-order valence-electron chi connectivity index (χ4n) is 3.38. The van der Waals surface area contributed by atoms with Crippen molar-refractivity contribution < 1.29 is 4.74 Å². The number of hydrogen-bond donors (Lipinski definition) is 2. The van der Waals surface area contributed by atoms with E-state index in [2.05, 4.69) is 33.8 Å². The fraction of sp³-hybridized carbons (Fsp3) is 0.444. The summed E-state index contributed by atoms with van der Waals surface area (Å²) >= 11 is 0. The summed E-state index contributed by atoms with van der Waals surface area (Å²) in [5, 5.41) is 1.99. The SMILES string of the molecule is CN1CCC(C)(COc2ccnc3[nH]c4cnc(N)cc4c23)CC1. The number of rotatable bonds is 3. The topological polar surface area (TPSA) is 80.1 Å². The second-order valence-corrected chi connectivity index (χ2v) is 7.22. The molecule has 0 bridgehead atoms. The molecule has 0 unspecified atom stereocenters. The molecule has 0 atom stereocenters. The molecule has 4 rings (SSSR count). The Hall–Kier alpha value is -2.34. The highest BCUT2D eigenvalue weighted by molar-refractivity contribution is 6.09. The third-order valence-corrected chi connectivity index (χ3v) is 5.13. The van der Waals surface area contributed by atoms with E-state index >= 15 is 0 Å². The van der Waals surface area contributed by atoms with Gasteiger partial charge in [-0.15, -0.1) is 0 Å². The largest absolute Gasteiger partial charge is 0.492 e. The Kier molecular flexibility index (Phi) is 3.57. The zero-order valence-electron chi connectivity index (χ0n) is 14.2. The maximum Gasteiger partial charge on any atom is 0.142 e. The fourth-order valence-corrected chi connectivity index (χ4v) is 3.38. The van der Waals surface area contributed by atoms with Crippen LogP contribution >= 0.6 is 0 Å². The molecule has 3 N–H and O–H groups in total. The molecule has 24 heavy (non-hydrogen) atoms. The van der Waals surface area contributed by atoms with E-state index in [-0.39, 0.29) is 5.41 Å². The van der Waals surface area contributed by atoms with Gasteiger partial charge in [-0.2, -0.15) is 0 Å². The lowest BCUT2D eigenvalue weighted by molar-refractivity contribution is 0.0811. The van der Waals surface area contributed by atoms with Crippen LogP contribution < -0.4 is 10.5 Å². The molecule has 0 aromatic carbocycles. The summed E-state index contributed by atoms with van der Waals surface area (Å²) in [6.45, 7) is 5.28. The summed E-state index contributed by atoms with van der Waals surface area (Å²) in [7, 11) is 2.18. The first kappa shape index (κ1) is 15.2. The Morgan fingerprint density at radius 2 is 2.12 bits per heavy atom. The van der Waals surface area contributed by atoms with E-state index < -0.39 is 0 Å². The molecule has 4 heterocycles. The first-order chi connectivity index (χ1) is 11.5. The van der Waals surface area contributed by atoms with E-state index in [1.165, 1.54) is 0 Å². The van der Waals surface area contributed by atoms with E-state index in [0.29, 0.717) is 12.4 Å². The lowest BCUT2D eigenvalue weighted by Crippen LogP contribution is -2.39. The zero-order chi connectivity index (χ0) is 16.7. The van der Waals surface area contributed by atoms with Gasteiger partial charge in [-0.25, -0.2) is 9.97 Å². The first-order valence-electron chi connectivity index (χ1n) is 8.37. The molecular formula is C18H23N5O. The average molecular weight is 325 g/mol. The van der Waals surface area contributed by atoms with Crippen LogP contribution in [0.25, 0.3) is 21.9 Å². The van der Waals surface area contributed by atoms with Crippen molar-refractivity contribution in [1.82, 2.24) is 19.9 Å². The predicted molar refractivity (Wildman–Crippen MR) is 96.1 cm³/mol. The number of piperidine rings is 1. The van der Waals surface area contributed by atoms with Gasteiger partial charge in [0, 0.05) is 17.0 Å². The molecule has 0 radical (unpaired) electrons. The monoisotopic (exact) mass is 325 g/mol. The van der Waals surface area contributed by atoms with Crippen LogP contribution in [0.1, 0.15) is 19.8 Å². The van der Waals surface area contributed by atoms with Crippen LogP contribution in [0.15, 0.2) is 24.5 Å². The van der Waals surface area contributed by atoms with Gasteiger partial charge < -0.3 is 20.4 Å². The Morgan fingerprint density at radius 3 is 2.92 bits per heavy atom. The van der Waals surface area contributed by atoms with Crippen molar-refractivity contribution in [2.75, 3.05) is 32.5 Å². The van der Waals surface area contributed by atoms with E-state index in [1.807, 2.05) is 12.1 Å². The zero-order valence-corrected chi connectivity index (χ0v) is 14.2. The van der Waals surface area contributed by atoms with Crippen molar-refractivity contribution in [3.8, 4) is 5.75 Å². The average Bonchev–Trinajstić information content (AvgIpc) is 2.94. The van der Waals surface area contributed by atoms with Gasteiger partial charge in [0.15, 0.2) is 0 Å². The van der Waals surface area contributed by atoms with E-state index in [1.54, 1.807) is 12.4 Å². The summed E-state index contributed by atoms with van der Waals surface area (Å²) < 4.78 is 6.26. The van der Waals surface area contributed by atoms with Gasteiger partial charge in [0.2, 0.25) is 0 Å². The van der Waals surface area contributed by atoms with Crippen LogP contribution in [0.2, 0.25) is 0 Å². The molecule has 1 fully saturated rings. The molecule has 3 aromatic heterocycles. The summed E-state index contributed by atoms with van der Waals surface area (Å²) in [6, 6.07) is 3.81. The minimum Gasteiger partial charge on any atom is -0.492 e. The van der Waals surface area contributed by atoms with Gasteiger partial charge in [-0.1, -0.05) is 6.92 Å². The quantitative estimate of drug-likeness (QED) is 0.774. The highest BCUT2D eigenvalue weighted by Crippen LogP contribution is 2.35. The normalized spacial score (nSPS) is 18.2. The van der Waals surface area contributed by atoms with Gasteiger partial charge in [-0.3, -0.25) is 0 Å². The van der Waals surface area contributed by atoms with Gasteiger partial charge in [0.05, 0.1) is 23.7 Å². The Labute approximate surface area is 141 Å². The minimum absolute atomic E-state index is 0.217. The van der Waals surface area contributed by atoms with Gasteiger partial charge >= 0.3 is 0 Å². The number of fused-ring (bicyclic) bond motifs is 3. The second-order valence-electron chi connectivity index (χ2n) is 7.22. The van der Waals surface area contributed by atoms with Gasteiger partial charge in [0.25, 0.3) is 0 Å². The minimum atomic E-state index is 0.217. The number of likely N-dealkylation sites (tertiary alicyclic amines) is 1. The molecule has 0 saturated carbocycles. The predicted octanol–water partition coefficient (Wildman–Crippen LogP) is 2.80. The van der Waals surface area contributed by atoms with Crippen molar-refractivity contribution >= 4 is 27.8 Å². The number of nitrogen functional groups attached to an aromatic ring is 1. The van der Waals surface area contributed by atoms with Crippen LogP contribution in [0.4, 0.5) is 5.82 Å². The standard InChI is InChI=1S/C18H23N5O/c1-18(4-7-23(2)8-5-18)11-24-14-3-6-20-17-16(14)12-9-15(19)21-10-13(12)22-17/h3,6,9-10H,4-5,7-8,11H2,1-2H3,(H2,19,21)(H,20,22). The number of nitrogens with two attached hydrogens (primary N) is 1. The Bertz CT molecular complexity index is 880. The summed E-state index contributed by atoms with van der Waals surface area (Å²) in [6.07, 6.45) is 5.83. The maximum absolute atomic E-state index is 6.26. The molecule has 6 nitrogen and oxygen atoms in total. The molecule has 1 aliphatic heterocycles. The van der Waals surface area contributed by atoms with E-state index in [4.69, 9.17) is 10.5 Å².